The van der Waals surface area contributed by atoms with E-state index in [2.05, 4.69) is 4.98 Å². The normalized spacial score (nSPS) is 11.6. The zero-order valence-corrected chi connectivity index (χ0v) is 7.10. The molecule has 1 aromatic heterocycles. The lowest BCUT2D eigenvalue weighted by Gasteiger charge is -1.81. The Hall–Kier alpha value is -1.10. The second-order valence-corrected chi connectivity index (χ2v) is 4.22. The average molecular weight is 173 g/mol. The van der Waals surface area contributed by atoms with Gasteiger partial charge in [-0.05, 0) is 0 Å². The topological polar surface area (TPSA) is 76.2 Å². The van der Waals surface area contributed by atoms with Crippen molar-refractivity contribution in [1.82, 2.24) is 4.98 Å². The van der Waals surface area contributed by atoms with Crippen LogP contribution in [0, 0.1) is 6.92 Å². The Bertz CT molecular complexity index is 306. The van der Waals surface area contributed by atoms with E-state index in [1.54, 1.807) is 6.92 Å². The van der Waals surface area contributed by atoms with E-state index in [4.69, 9.17) is 10.8 Å². The molecule has 1 unspecified atom stereocenters. The molecule has 11 heavy (non-hydrogen) atoms. The van der Waals surface area contributed by atoms with Gasteiger partial charge < -0.3 is 10.8 Å². The quantitative estimate of drug-likeness (QED) is 0.620. The largest absolute Gasteiger partial charge is 0.476 e. The second kappa shape index (κ2) is 2.50. The molecule has 0 spiro atoms. The summed E-state index contributed by atoms with van der Waals surface area (Å²) in [6.45, 7) is 1.75. The first-order chi connectivity index (χ1) is 5.04. The number of nitrogen functional groups attached to an aromatic ring is 1. The van der Waals surface area contributed by atoms with E-state index >= 15 is 0 Å². The molecular formula is C6H9N2O2S+. The van der Waals surface area contributed by atoms with Crippen molar-refractivity contribution >= 4 is 21.6 Å². The van der Waals surface area contributed by atoms with Gasteiger partial charge in [0.15, 0.2) is 4.88 Å². The minimum Gasteiger partial charge on any atom is -0.476 e. The number of aromatic nitrogens is 1. The molecule has 1 heterocycles. The predicted molar refractivity (Wildman–Crippen MR) is 43.8 cm³/mol. The van der Waals surface area contributed by atoms with E-state index < -0.39 is 5.97 Å². The number of carboxylic acid groups (broad SMARTS) is 1. The second-order valence-electron chi connectivity index (χ2n) is 2.17. The summed E-state index contributed by atoms with van der Waals surface area (Å²) in [5.41, 5.74) is 5.56. The summed E-state index contributed by atoms with van der Waals surface area (Å²) in [4.78, 5) is 15.0. The number of carboxylic acids is 1. The molecule has 0 aliphatic rings. The summed E-state index contributed by atoms with van der Waals surface area (Å²) in [7, 11) is -0.286. The van der Waals surface area contributed by atoms with E-state index in [-0.39, 0.29) is 16.2 Å². The smallest absolute Gasteiger partial charge is 0.360 e. The number of rotatable bonds is 1. The molecular weight excluding hydrogens is 164 g/mol. The van der Waals surface area contributed by atoms with Gasteiger partial charge in [-0.2, -0.15) is 4.98 Å². The van der Waals surface area contributed by atoms with Crippen molar-refractivity contribution in [3.63, 3.8) is 0 Å². The van der Waals surface area contributed by atoms with Crippen molar-refractivity contribution < 1.29 is 9.90 Å². The number of aromatic carboxylic acids is 1. The highest BCUT2D eigenvalue weighted by molar-refractivity contribution is 7.33. The van der Waals surface area contributed by atoms with Crippen molar-refractivity contribution in [2.75, 3.05) is 5.73 Å². The summed E-state index contributed by atoms with van der Waals surface area (Å²) in [6.07, 6.45) is 1.87. The molecule has 0 fully saturated rings. The molecule has 1 aromatic rings. The third-order valence-electron chi connectivity index (χ3n) is 1.53. The molecule has 0 bridgehead atoms. The molecule has 0 amide bonds. The van der Waals surface area contributed by atoms with E-state index in [0.717, 1.165) is 4.88 Å². The zero-order valence-electron chi connectivity index (χ0n) is 6.29. The molecule has 0 aromatic carbocycles. The molecule has 60 valence electrons. The summed E-state index contributed by atoms with van der Waals surface area (Å²) < 4.78 is 0. The fourth-order valence-electron chi connectivity index (χ4n) is 0.758. The fraction of sp³-hybridized carbons (Fsp3) is 0.333. The van der Waals surface area contributed by atoms with Crippen LogP contribution in [0.1, 0.15) is 15.4 Å². The van der Waals surface area contributed by atoms with Gasteiger partial charge in [0.05, 0.1) is 0 Å². The van der Waals surface area contributed by atoms with E-state index in [9.17, 15) is 4.79 Å². The first-order valence-corrected chi connectivity index (χ1v) is 4.61. The van der Waals surface area contributed by atoms with Crippen LogP contribution in [0.2, 0.25) is 0 Å². The minimum absolute atomic E-state index is 0.105. The Labute approximate surface area is 66.6 Å². The third-order valence-corrected chi connectivity index (χ3v) is 3.36. The summed E-state index contributed by atoms with van der Waals surface area (Å²) in [5, 5.41) is 9.02. The molecule has 0 saturated carbocycles. The number of thiazole rings is 1. The van der Waals surface area contributed by atoms with E-state index in [1.807, 2.05) is 6.26 Å². The Morgan fingerprint density at radius 1 is 1.73 bits per heavy atom. The fourth-order valence-corrected chi connectivity index (χ4v) is 1.72. The first kappa shape index (κ1) is 8.00. The van der Waals surface area contributed by atoms with Gasteiger partial charge in [-0.3, -0.25) is 0 Å². The van der Waals surface area contributed by atoms with Gasteiger partial charge in [0, 0.05) is 17.4 Å². The van der Waals surface area contributed by atoms with Gasteiger partial charge in [0.2, 0.25) is 5.69 Å². The number of hydrogen-bond acceptors (Lipinski definition) is 3. The van der Waals surface area contributed by atoms with Crippen molar-refractivity contribution in [3.8, 4) is 0 Å². The summed E-state index contributed by atoms with van der Waals surface area (Å²) in [6, 6.07) is 0. The van der Waals surface area contributed by atoms with Crippen LogP contribution in [0.25, 0.3) is 0 Å². The van der Waals surface area contributed by atoms with Gasteiger partial charge in [-0.15, -0.1) is 0 Å². The SMILES string of the molecule is Cc1c(C(=O)O)nc(N)[s+]1C. The first-order valence-electron chi connectivity index (χ1n) is 2.98. The summed E-state index contributed by atoms with van der Waals surface area (Å²) >= 11 is 0. The molecule has 1 rings (SSSR count). The molecule has 0 aliphatic carbocycles. The van der Waals surface area contributed by atoms with Crippen molar-refractivity contribution in [1.29, 1.82) is 0 Å². The third kappa shape index (κ3) is 1.19. The lowest BCUT2D eigenvalue weighted by molar-refractivity contribution is 0.0690. The Kier molecular flexibility index (Phi) is 1.82. The van der Waals surface area contributed by atoms with Gasteiger partial charge in [-0.1, -0.05) is 0 Å². The van der Waals surface area contributed by atoms with E-state index in [1.165, 1.54) is 0 Å². The van der Waals surface area contributed by atoms with Crippen LogP contribution in [-0.4, -0.2) is 16.1 Å². The van der Waals surface area contributed by atoms with Gasteiger partial charge in [-0.25, -0.2) is 4.79 Å². The Morgan fingerprint density at radius 3 is 2.45 bits per heavy atom. The molecule has 1 atom stereocenters. The monoisotopic (exact) mass is 173 g/mol. The van der Waals surface area contributed by atoms with Gasteiger partial charge >= 0.3 is 11.1 Å². The highest BCUT2D eigenvalue weighted by Crippen LogP contribution is 2.29. The molecule has 0 saturated heterocycles. The number of anilines is 1. The van der Waals surface area contributed by atoms with Gasteiger partial charge in [0.25, 0.3) is 0 Å². The zero-order chi connectivity index (χ0) is 8.59. The van der Waals surface area contributed by atoms with Crippen LogP contribution in [0.15, 0.2) is 0 Å². The minimum atomic E-state index is -0.998. The molecule has 0 aliphatic heterocycles. The maximum atomic E-state index is 10.5. The molecule has 0 radical (unpaired) electrons. The van der Waals surface area contributed by atoms with Crippen LogP contribution >= 0.6 is 10.5 Å². The predicted octanol–water partition coefficient (Wildman–Crippen LogP) is 0.957. The van der Waals surface area contributed by atoms with Crippen molar-refractivity contribution in [3.05, 3.63) is 10.6 Å². The molecule has 3 N–H and O–H groups in total. The number of hydrogen-bond donors (Lipinski definition) is 2. The number of carbonyl (C=O) groups is 1. The lowest BCUT2D eigenvalue weighted by Crippen LogP contribution is -1.98. The van der Waals surface area contributed by atoms with Crippen LogP contribution < -0.4 is 5.73 Å². The number of nitrogens with two attached hydrogens (primary N) is 1. The summed E-state index contributed by atoms with van der Waals surface area (Å²) in [5.74, 6) is -0.998. The van der Waals surface area contributed by atoms with Crippen LogP contribution in [0.4, 0.5) is 5.13 Å². The van der Waals surface area contributed by atoms with Crippen molar-refractivity contribution in [2.45, 2.75) is 6.92 Å². The van der Waals surface area contributed by atoms with Crippen LogP contribution in [0.3, 0.4) is 0 Å². The molecule has 4 nitrogen and oxygen atoms in total. The Morgan fingerprint density at radius 2 is 2.27 bits per heavy atom. The van der Waals surface area contributed by atoms with Crippen LogP contribution in [-0.2, 0) is 6.26 Å². The average Bonchev–Trinajstić information content (AvgIpc) is 2.17. The Balaban J connectivity index is 3.29. The van der Waals surface area contributed by atoms with Crippen LogP contribution in [0.5, 0.6) is 0 Å². The van der Waals surface area contributed by atoms with Gasteiger partial charge in [0.1, 0.15) is 6.26 Å². The van der Waals surface area contributed by atoms with E-state index in [0.29, 0.717) is 5.13 Å². The maximum Gasteiger partial charge on any atom is 0.360 e. The van der Waals surface area contributed by atoms with Crippen molar-refractivity contribution in [2.24, 2.45) is 6.26 Å². The lowest BCUT2D eigenvalue weighted by atomic mass is 10.4. The maximum absolute atomic E-state index is 10.5. The standard InChI is InChI=1S/C6H8N2O2S/c1-3-4(5(9)10)8-6(7)11(3)2/h1-2H3,(H2-,7,8,9,10)/p+1. The molecule has 5 heteroatoms. The highest BCUT2D eigenvalue weighted by Gasteiger charge is 2.23. The number of nitrogens with zero attached hydrogens (tertiary/aromatic N) is 1. The highest BCUT2D eigenvalue weighted by atomic mass is 32.2.